The molecule has 0 radical (unpaired) electrons. The molecule has 0 bridgehead atoms. The Labute approximate surface area is 117 Å². The lowest BCUT2D eigenvalue weighted by atomic mass is 10.1. The summed E-state index contributed by atoms with van der Waals surface area (Å²) in [5.41, 5.74) is 2.19. The molecule has 0 aromatic heterocycles. The Hall–Kier alpha value is 0.130. The first-order chi connectivity index (χ1) is 8.52. The van der Waals surface area contributed by atoms with Gasteiger partial charge in [0, 0.05) is 5.75 Å². The van der Waals surface area contributed by atoms with Crippen LogP contribution in [0.15, 0.2) is 23.3 Å². The molecular formula is C10H17O6P2S-3. The molecule has 112 valence electrons. The molecule has 0 aromatic carbocycles. The fourth-order valence-corrected chi connectivity index (χ4v) is 4.75. The van der Waals surface area contributed by atoms with E-state index in [0.717, 1.165) is 18.4 Å². The molecule has 0 aromatic rings. The van der Waals surface area contributed by atoms with Crippen LogP contribution >= 0.6 is 26.0 Å². The standard InChI is InChI=1S/C10H20O6P2S/c1-9(2)5-4-6-10(3)7-8-19-18(14,15)16-17(11,12)13/h5,7H,4,6,8H2,1-3H3,(H,14,15)(H2,11,12,13)/p-3/b10-7+. The zero-order chi connectivity index (χ0) is 15.1. The lowest BCUT2D eigenvalue weighted by molar-refractivity contribution is -0.337. The Morgan fingerprint density at radius 1 is 1.16 bits per heavy atom. The summed E-state index contributed by atoms with van der Waals surface area (Å²) in [7, 11) is -5.50. The topological polar surface area (TPSA) is 113 Å². The molecule has 0 aliphatic heterocycles. The van der Waals surface area contributed by atoms with Crippen LogP contribution < -0.4 is 14.7 Å². The molecule has 0 saturated carbocycles. The molecule has 0 heterocycles. The van der Waals surface area contributed by atoms with Crippen LogP contribution in [0.3, 0.4) is 0 Å². The van der Waals surface area contributed by atoms with Crippen molar-refractivity contribution in [2.75, 3.05) is 5.75 Å². The normalized spacial score (nSPS) is 16.0. The predicted octanol–water partition coefficient (Wildman–Crippen LogP) is 1.73. The SMILES string of the molecule is CC(C)=CCC/C(C)=C/CSP(=O)([O-])OP(=O)([O-])[O-]. The zero-order valence-electron chi connectivity index (χ0n) is 11.0. The zero-order valence-corrected chi connectivity index (χ0v) is 13.6. The molecule has 19 heavy (non-hydrogen) atoms. The lowest BCUT2D eigenvalue weighted by Gasteiger charge is -2.35. The molecule has 1 atom stereocenters. The van der Waals surface area contributed by atoms with E-state index in [2.05, 4.69) is 10.4 Å². The summed E-state index contributed by atoms with van der Waals surface area (Å²) in [5.74, 6) is 0.0431. The summed E-state index contributed by atoms with van der Waals surface area (Å²) >= 11 is 0.287. The fourth-order valence-electron chi connectivity index (χ4n) is 1.11. The van der Waals surface area contributed by atoms with E-state index in [-0.39, 0.29) is 17.1 Å². The van der Waals surface area contributed by atoms with Crippen LogP contribution in [0.25, 0.3) is 0 Å². The third kappa shape index (κ3) is 12.9. The van der Waals surface area contributed by atoms with Crippen LogP contribution in [-0.4, -0.2) is 5.75 Å². The molecule has 0 saturated heterocycles. The number of hydrogen-bond donors (Lipinski definition) is 0. The van der Waals surface area contributed by atoms with Gasteiger partial charge < -0.3 is 19.2 Å². The quantitative estimate of drug-likeness (QED) is 0.493. The van der Waals surface area contributed by atoms with Gasteiger partial charge in [-0.3, -0.25) is 8.88 Å². The van der Waals surface area contributed by atoms with E-state index in [1.807, 2.05) is 20.8 Å². The Morgan fingerprint density at radius 2 is 1.74 bits per heavy atom. The van der Waals surface area contributed by atoms with Gasteiger partial charge in [0.1, 0.15) is 0 Å². The van der Waals surface area contributed by atoms with Gasteiger partial charge >= 0.3 is 0 Å². The Bertz CT molecular complexity index is 435. The summed E-state index contributed by atoms with van der Waals surface area (Å²) < 4.78 is 24.8. The van der Waals surface area contributed by atoms with Crippen molar-refractivity contribution in [1.29, 1.82) is 0 Å². The molecule has 0 N–H and O–H groups in total. The first kappa shape index (κ1) is 19.1. The van der Waals surface area contributed by atoms with Gasteiger partial charge in [-0.15, -0.1) is 0 Å². The van der Waals surface area contributed by atoms with Crippen molar-refractivity contribution >= 4 is 26.0 Å². The predicted molar refractivity (Wildman–Crippen MR) is 71.2 cm³/mol. The van der Waals surface area contributed by atoms with Gasteiger partial charge in [-0.25, -0.2) is 0 Å². The van der Waals surface area contributed by atoms with Crippen LogP contribution in [0.1, 0.15) is 33.6 Å². The highest BCUT2D eigenvalue weighted by atomic mass is 32.7. The average Bonchev–Trinajstić information content (AvgIpc) is 2.12. The van der Waals surface area contributed by atoms with Crippen molar-refractivity contribution in [3.8, 4) is 0 Å². The van der Waals surface area contributed by atoms with Gasteiger partial charge in [0.2, 0.25) is 0 Å². The number of allylic oxidation sites excluding steroid dienone is 3. The van der Waals surface area contributed by atoms with Gasteiger partial charge in [-0.05, 0) is 33.6 Å². The second-order valence-electron chi connectivity index (χ2n) is 4.14. The highest BCUT2D eigenvalue weighted by Crippen LogP contribution is 2.59. The van der Waals surface area contributed by atoms with E-state index in [0.29, 0.717) is 0 Å². The molecule has 0 fully saturated rings. The minimum atomic E-state index is -5.50. The van der Waals surface area contributed by atoms with Crippen molar-refractivity contribution in [1.82, 2.24) is 0 Å². The number of phosphoric acid groups is 1. The van der Waals surface area contributed by atoms with Crippen molar-refractivity contribution in [3.63, 3.8) is 0 Å². The summed E-state index contributed by atoms with van der Waals surface area (Å²) in [6.45, 7) is 1.14. The fraction of sp³-hybridized carbons (Fsp3) is 0.600. The maximum Gasteiger partial charge on any atom is 0.196 e. The van der Waals surface area contributed by atoms with Gasteiger partial charge in [0.05, 0.1) is 7.82 Å². The Morgan fingerprint density at radius 3 is 2.21 bits per heavy atom. The second-order valence-corrected chi connectivity index (χ2v) is 9.29. The molecule has 9 heteroatoms. The molecular weight excluding hydrogens is 310 g/mol. The van der Waals surface area contributed by atoms with Crippen molar-refractivity contribution in [3.05, 3.63) is 23.3 Å². The maximum absolute atomic E-state index is 11.1. The van der Waals surface area contributed by atoms with Crippen LogP contribution in [0, 0.1) is 0 Å². The molecule has 0 aliphatic rings. The van der Waals surface area contributed by atoms with E-state index in [1.165, 1.54) is 5.57 Å². The second kappa shape index (κ2) is 8.42. The van der Waals surface area contributed by atoms with Gasteiger partial charge in [-0.2, -0.15) is 0 Å². The van der Waals surface area contributed by atoms with Gasteiger partial charge in [-0.1, -0.05) is 34.7 Å². The molecule has 0 spiro atoms. The van der Waals surface area contributed by atoms with E-state index < -0.39 is 14.6 Å². The minimum absolute atomic E-state index is 0.0431. The van der Waals surface area contributed by atoms with Gasteiger partial charge in [0.15, 0.2) is 6.80 Å². The van der Waals surface area contributed by atoms with E-state index in [4.69, 9.17) is 0 Å². The average molecular weight is 327 g/mol. The summed E-state index contributed by atoms with van der Waals surface area (Å²) in [6.07, 6.45) is 5.38. The van der Waals surface area contributed by atoms with Crippen molar-refractivity contribution in [2.24, 2.45) is 0 Å². The summed E-state index contributed by atoms with van der Waals surface area (Å²) in [5, 5.41) is 0. The lowest BCUT2D eigenvalue weighted by Crippen LogP contribution is -2.17. The first-order valence-electron chi connectivity index (χ1n) is 5.50. The number of rotatable bonds is 8. The molecule has 6 nitrogen and oxygen atoms in total. The number of hydrogen-bond acceptors (Lipinski definition) is 7. The van der Waals surface area contributed by atoms with E-state index >= 15 is 0 Å². The van der Waals surface area contributed by atoms with Crippen LogP contribution in [0.2, 0.25) is 0 Å². The van der Waals surface area contributed by atoms with Gasteiger partial charge in [0.25, 0.3) is 0 Å². The molecule has 1 unspecified atom stereocenters. The monoisotopic (exact) mass is 327 g/mol. The molecule has 0 amide bonds. The van der Waals surface area contributed by atoms with Crippen LogP contribution in [0.4, 0.5) is 0 Å². The molecule has 0 aliphatic carbocycles. The van der Waals surface area contributed by atoms with Crippen LogP contribution in [-0.2, 0) is 13.4 Å². The van der Waals surface area contributed by atoms with Crippen LogP contribution in [0.5, 0.6) is 0 Å². The smallest absolute Gasteiger partial charge is 0.196 e. The van der Waals surface area contributed by atoms with E-state index in [9.17, 15) is 23.8 Å². The highest BCUT2D eigenvalue weighted by molar-refractivity contribution is 8.54. The van der Waals surface area contributed by atoms with Crippen molar-refractivity contribution < 1.29 is 28.1 Å². The minimum Gasteiger partial charge on any atom is -0.790 e. The summed E-state index contributed by atoms with van der Waals surface area (Å²) in [4.78, 5) is 31.5. The maximum atomic E-state index is 11.1. The highest BCUT2D eigenvalue weighted by Gasteiger charge is 2.10. The third-order valence-electron chi connectivity index (χ3n) is 1.96. The Balaban J connectivity index is 4.16. The van der Waals surface area contributed by atoms with Crippen molar-refractivity contribution in [2.45, 2.75) is 33.6 Å². The summed E-state index contributed by atoms with van der Waals surface area (Å²) in [6, 6.07) is 0. The first-order valence-corrected chi connectivity index (χ1v) is 10.1. The Kier molecular flexibility index (Phi) is 8.48. The molecule has 0 rings (SSSR count). The van der Waals surface area contributed by atoms with E-state index in [1.54, 1.807) is 6.08 Å². The largest absolute Gasteiger partial charge is 0.790 e. The third-order valence-corrected chi connectivity index (χ3v) is 6.18.